The Bertz CT molecular complexity index is 898. The summed E-state index contributed by atoms with van der Waals surface area (Å²) in [5.74, 6) is 1.00. The van der Waals surface area contributed by atoms with Gasteiger partial charge < -0.3 is 5.11 Å². The van der Waals surface area contributed by atoms with E-state index in [1.165, 1.54) is 5.56 Å². The lowest BCUT2D eigenvalue weighted by Crippen LogP contribution is -2.05. The molecule has 4 nitrogen and oxygen atoms in total. The Morgan fingerprint density at radius 1 is 0.960 bits per heavy atom. The van der Waals surface area contributed by atoms with E-state index in [-0.39, 0.29) is 5.92 Å². The van der Waals surface area contributed by atoms with Gasteiger partial charge in [-0.1, -0.05) is 39.8 Å². The molecule has 0 amide bonds. The summed E-state index contributed by atoms with van der Waals surface area (Å²) in [6.45, 7) is 10.7. The van der Waals surface area contributed by atoms with Crippen LogP contribution in [0.4, 0.5) is 0 Å². The van der Waals surface area contributed by atoms with Crippen LogP contribution in [-0.2, 0) is 0 Å². The summed E-state index contributed by atoms with van der Waals surface area (Å²) in [5.41, 5.74) is 5.71. The second kappa shape index (κ2) is 6.87. The highest BCUT2D eigenvalue weighted by molar-refractivity contribution is 5.75. The fourth-order valence-electron chi connectivity index (χ4n) is 3.06. The molecule has 0 spiro atoms. The van der Waals surface area contributed by atoms with E-state index in [0.29, 0.717) is 17.4 Å². The first-order valence-electron chi connectivity index (χ1n) is 9.15. The monoisotopic (exact) mass is 337 g/mol. The first-order chi connectivity index (χ1) is 11.9. The Labute approximate surface area is 149 Å². The van der Waals surface area contributed by atoms with Crippen molar-refractivity contribution in [1.82, 2.24) is 15.0 Å². The van der Waals surface area contributed by atoms with E-state index in [0.717, 1.165) is 35.0 Å². The first kappa shape index (κ1) is 17.5. The number of fused-ring (bicyclic) bond motifs is 1. The molecule has 3 rings (SSSR count). The third-order valence-electron chi connectivity index (χ3n) is 5.22. The highest BCUT2D eigenvalue weighted by atomic mass is 16.3. The van der Waals surface area contributed by atoms with Crippen molar-refractivity contribution in [3.63, 3.8) is 0 Å². The van der Waals surface area contributed by atoms with Crippen molar-refractivity contribution in [1.29, 1.82) is 0 Å². The molecular formula is C21H27N3O. The Morgan fingerprint density at radius 2 is 1.64 bits per heavy atom. The average Bonchev–Trinajstić information content (AvgIpc) is 3.03. The molecule has 3 aromatic rings. The van der Waals surface area contributed by atoms with Gasteiger partial charge in [0, 0.05) is 0 Å². The molecule has 0 saturated heterocycles. The summed E-state index contributed by atoms with van der Waals surface area (Å²) in [4.78, 5) is 1.58. The van der Waals surface area contributed by atoms with Crippen molar-refractivity contribution < 1.29 is 5.11 Å². The van der Waals surface area contributed by atoms with Crippen LogP contribution in [-0.4, -0.2) is 20.1 Å². The Kier molecular flexibility index (Phi) is 4.80. The van der Waals surface area contributed by atoms with Gasteiger partial charge in [0.2, 0.25) is 0 Å². The van der Waals surface area contributed by atoms with E-state index in [1.807, 2.05) is 31.2 Å². The Morgan fingerprint density at radius 3 is 2.32 bits per heavy atom. The number of aryl methyl sites for hydroxylation is 1. The van der Waals surface area contributed by atoms with E-state index < -0.39 is 0 Å². The number of nitrogens with zero attached hydrogens (tertiary/aromatic N) is 3. The van der Waals surface area contributed by atoms with Gasteiger partial charge in [-0.05, 0) is 66.5 Å². The van der Waals surface area contributed by atoms with Crippen molar-refractivity contribution >= 4 is 11.0 Å². The van der Waals surface area contributed by atoms with E-state index in [2.05, 4.69) is 44.0 Å². The van der Waals surface area contributed by atoms with Crippen LogP contribution in [0.3, 0.4) is 0 Å². The number of phenolic OH excluding ortho intramolecular Hbond substituents is 1. The van der Waals surface area contributed by atoms with E-state index in [1.54, 1.807) is 4.80 Å². The maximum atomic E-state index is 10.9. The molecule has 0 fully saturated rings. The predicted molar refractivity (Wildman–Crippen MR) is 103 cm³/mol. The van der Waals surface area contributed by atoms with Gasteiger partial charge in [-0.3, -0.25) is 0 Å². The van der Waals surface area contributed by atoms with Crippen LogP contribution in [0, 0.1) is 6.92 Å². The Hall–Kier alpha value is -2.36. The maximum Gasteiger partial charge on any atom is 0.146 e. The number of aromatic hydroxyl groups is 1. The number of aromatic nitrogens is 3. The molecule has 0 aliphatic carbocycles. The highest BCUT2D eigenvalue weighted by Crippen LogP contribution is 2.36. The van der Waals surface area contributed by atoms with Crippen LogP contribution in [0.2, 0.25) is 0 Å². The summed E-state index contributed by atoms with van der Waals surface area (Å²) in [5, 5.41) is 20.1. The van der Waals surface area contributed by atoms with Gasteiger partial charge in [-0.2, -0.15) is 0 Å². The fraction of sp³-hybridized carbons (Fsp3) is 0.429. The maximum absolute atomic E-state index is 10.9. The second-order valence-electron chi connectivity index (χ2n) is 7.08. The molecule has 1 aromatic heterocycles. The van der Waals surface area contributed by atoms with Crippen molar-refractivity contribution in [2.24, 2.45) is 0 Å². The Balaban J connectivity index is 2.21. The molecular weight excluding hydrogens is 310 g/mol. The molecule has 1 heterocycles. The lowest BCUT2D eigenvalue weighted by Gasteiger charge is -2.18. The third kappa shape index (κ3) is 3.26. The molecule has 2 atom stereocenters. The van der Waals surface area contributed by atoms with Crippen LogP contribution >= 0.6 is 0 Å². The van der Waals surface area contributed by atoms with Gasteiger partial charge in [-0.15, -0.1) is 15.0 Å². The van der Waals surface area contributed by atoms with Crippen molar-refractivity contribution in [3.8, 4) is 11.4 Å². The van der Waals surface area contributed by atoms with E-state index in [9.17, 15) is 5.11 Å². The van der Waals surface area contributed by atoms with Gasteiger partial charge in [0.25, 0.3) is 0 Å². The molecule has 132 valence electrons. The van der Waals surface area contributed by atoms with Gasteiger partial charge >= 0.3 is 0 Å². The molecule has 0 aliphatic heterocycles. The fourth-order valence-corrected chi connectivity index (χ4v) is 3.06. The van der Waals surface area contributed by atoms with Crippen LogP contribution in [0.25, 0.3) is 16.7 Å². The standard InChI is InChI=1S/C21H27N3O/c1-6-14(4)16-11-17(15(5)7-2)21(25)20(12-16)24-22-18-9-8-13(3)10-19(18)23-24/h8-12,14-15,25H,6-7H2,1-5H3. The number of phenols is 1. The molecule has 0 bridgehead atoms. The van der Waals surface area contributed by atoms with E-state index >= 15 is 0 Å². The zero-order valence-corrected chi connectivity index (χ0v) is 15.7. The molecule has 2 aromatic carbocycles. The number of hydrogen-bond donors (Lipinski definition) is 1. The topological polar surface area (TPSA) is 50.9 Å². The van der Waals surface area contributed by atoms with Gasteiger partial charge in [0.05, 0.1) is 0 Å². The summed E-state index contributed by atoms with van der Waals surface area (Å²) in [6, 6.07) is 10.2. The molecule has 0 aliphatic rings. The van der Waals surface area contributed by atoms with Crippen molar-refractivity contribution in [3.05, 3.63) is 47.0 Å². The molecule has 0 radical (unpaired) electrons. The smallest absolute Gasteiger partial charge is 0.146 e. The van der Waals surface area contributed by atoms with Crippen LogP contribution < -0.4 is 0 Å². The first-order valence-corrected chi connectivity index (χ1v) is 9.15. The molecule has 1 N–H and O–H groups in total. The quantitative estimate of drug-likeness (QED) is 0.672. The van der Waals surface area contributed by atoms with Gasteiger partial charge in [0.1, 0.15) is 22.5 Å². The minimum absolute atomic E-state index is 0.287. The van der Waals surface area contributed by atoms with E-state index in [4.69, 9.17) is 0 Å². The van der Waals surface area contributed by atoms with Crippen molar-refractivity contribution in [2.75, 3.05) is 0 Å². The lowest BCUT2D eigenvalue weighted by molar-refractivity contribution is 0.454. The van der Waals surface area contributed by atoms with Gasteiger partial charge in [-0.25, -0.2) is 0 Å². The number of benzene rings is 2. The molecule has 2 unspecified atom stereocenters. The number of hydrogen-bond acceptors (Lipinski definition) is 3. The largest absolute Gasteiger partial charge is 0.505 e. The van der Waals surface area contributed by atoms with Crippen LogP contribution in [0.1, 0.15) is 69.1 Å². The van der Waals surface area contributed by atoms with Gasteiger partial charge in [0.15, 0.2) is 0 Å². The molecule has 4 heteroatoms. The summed E-state index contributed by atoms with van der Waals surface area (Å²) >= 11 is 0. The zero-order valence-electron chi connectivity index (χ0n) is 15.7. The summed E-state index contributed by atoms with van der Waals surface area (Å²) in [7, 11) is 0. The highest BCUT2D eigenvalue weighted by Gasteiger charge is 2.19. The number of rotatable bonds is 5. The summed E-state index contributed by atoms with van der Waals surface area (Å²) in [6.07, 6.45) is 2.03. The summed E-state index contributed by atoms with van der Waals surface area (Å²) < 4.78 is 0. The lowest BCUT2D eigenvalue weighted by atomic mass is 9.90. The predicted octanol–water partition coefficient (Wildman–Crippen LogP) is 5.46. The minimum Gasteiger partial charge on any atom is -0.505 e. The second-order valence-corrected chi connectivity index (χ2v) is 7.08. The molecule has 25 heavy (non-hydrogen) atoms. The third-order valence-corrected chi connectivity index (χ3v) is 5.22. The van der Waals surface area contributed by atoms with Crippen LogP contribution in [0.5, 0.6) is 5.75 Å². The van der Waals surface area contributed by atoms with Crippen molar-refractivity contribution in [2.45, 2.75) is 59.3 Å². The zero-order chi connectivity index (χ0) is 18.1. The SMILES string of the molecule is CCC(C)c1cc(C(C)CC)c(O)c(-n2nc3ccc(C)cc3n2)c1. The molecule has 0 saturated carbocycles. The minimum atomic E-state index is 0.287. The van der Waals surface area contributed by atoms with Crippen LogP contribution in [0.15, 0.2) is 30.3 Å². The average molecular weight is 337 g/mol. The normalized spacial score (nSPS) is 14.0.